The molecular weight excluding hydrogens is 324 g/mol. The van der Waals surface area contributed by atoms with E-state index in [-0.39, 0.29) is 17.4 Å². The van der Waals surface area contributed by atoms with Crippen LogP contribution in [0.25, 0.3) is 22.8 Å². The van der Waals surface area contributed by atoms with Gasteiger partial charge in [-0.15, -0.1) is 0 Å². The summed E-state index contributed by atoms with van der Waals surface area (Å²) in [4.78, 5) is 4.24. The molecule has 2 N–H and O–H groups in total. The van der Waals surface area contributed by atoms with Crippen LogP contribution in [-0.4, -0.2) is 20.4 Å². The third kappa shape index (κ3) is 2.37. The summed E-state index contributed by atoms with van der Waals surface area (Å²) < 4.78 is 5.92. The first-order valence-electron chi connectivity index (χ1n) is 5.75. The first kappa shape index (κ1) is 12.7. The van der Waals surface area contributed by atoms with E-state index in [1.807, 2.05) is 0 Å². The lowest BCUT2D eigenvalue weighted by molar-refractivity contribution is 0.425. The van der Waals surface area contributed by atoms with Gasteiger partial charge in [-0.2, -0.15) is 4.98 Å². The molecule has 100 valence electrons. The smallest absolute Gasteiger partial charge is 0.261 e. The molecule has 0 unspecified atom stereocenters. The van der Waals surface area contributed by atoms with Gasteiger partial charge in [0, 0.05) is 10.0 Å². The van der Waals surface area contributed by atoms with Gasteiger partial charge in [0.25, 0.3) is 5.89 Å². The second kappa shape index (κ2) is 4.97. The van der Waals surface area contributed by atoms with Gasteiger partial charge in [-0.25, -0.2) is 0 Å². The number of phenols is 2. The van der Waals surface area contributed by atoms with Crippen molar-refractivity contribution in [1.29, 1.82) is 0 Å². The summed E-state index contributed by atoms with van der Waals surface area (Å²) >= 11 is 3.27. The number of phenolic OH excluding ortho intramolecular Hbond substituents is 2. The van der Waals surface area contributed by atoms with Gasteiger partial charge in [0.05, 0.1) is 5.56 Å². The van der Waals surface area contributed by atoms with Gasteiger partial charge >= 0.3 is 0 Å². The lowest BCUT2D eigenvalue weighted by atomic mass is 10.2. The fraction of sp³-hybridized carbons (Fsp3) is 0. The molecule has 6 heteroatoms. The Morgan fingerprint density at radius 2 is 1.75 bits per heavy atom. The van der Waals surface area contributed by atoms with Crippen LogP contribution in [0.15, 0.2) is 51.5 Å². The molecule has 3 rings (SSSR count). The summed E-state index contributed by atoms with van der Waals surface area (Å²) in [7, 11) is 0. The molecule has 20 heavy (non-hydrogen) atoms. The van der Waals surface area contributed by atoms with Crippen molar-refractivity contribution < 1.29 is 14.7 Å². The van der Waals surface area contributed by atoms with Crippen LogP contribution in [0.2, 0.25) is 0 Å². The van der Waals surface area contributed by atoms with E-state index in [9.17, 15) is 10.2 Å². The number of benzene rings is 2. The van der Waals surface area contributed by atoms with Gasteiger partial charge in [0.1, 0.15) is 11.5 Å². The Morgan fingerprint density at radius 1 is 1.00 bits per heavy atom. The predicted molar refractivity (Wildman–Crippen MR) is 76.2 cm³/mol. The van der Waals surface area contributed by atoms with E-state index >= 15 is 0 Å². The third-order valence-electron chi connectivity index (χ3n) is 2.74. The quantitative estimate of drug-likeness (QED) is 0.749. The summed E-state index contributed by atoms with van der Waals surface area (Å²) in [6, 6.07) is 11.5. The van der Waals surface area contributed by atoms with E-state index in [2.05, 4.69) is 26.1 Å². The Balaban J connectivity index is 1.99. The second-order valence-corrected chi connectivity index (χ2v) is 5.05. The van der Waals surface area contributed by atoms with E-state index in [1.165, 1.54) is 0 Å². The molecule has 3 aromatic rings. The van der Waals surface area contributed by atoms with Crippen LogP contribution < -0.4 is 0 Å². The molecule has 0 aliphatic carbocycles. The molecule has 1 heterocycles. The highest BCUT2D eigenvalue weighted by Crippen LogP contribution is 2.31. The Morgan fingerprint density at radius 3 is 2.45 bits per heavy atom. The summed E-state index contributed by atoms with van der Waals surface area (Å²) in [5, 5.41) is 23.0. The molecule has 0 spiro atoms. The van der Waals surface area contributed by atoms with Crippen LogP contribution in [0.1, 0.15) is 0 Å². The first-order chi connectivity index (χ1) is 9.63. The summed E-state index contributed by atoms with van der Waals surface area (Å²) in [6.07, 6.45) is 0. The van der Waals surface area contributed by atoms with Gasteiger partial charge in [0.15, 0.2) is 0 Å². The van der Waals surface area contributed by atoms with E-state index < -0.39 is 0 Å². The largest absolute Gasteiger partial charge is 0.508 e. The second-order valence-electron chi connectivity index (χ2n) is 4.13. The van der Waals surface area contributed by atoms with Crippen LogP contribution in [0.4, 0.5) is 0 Å². The number of halogens is 1. The minimum absolute atomic E-state index is 0.0558. The van der Waals surface area contributed by atoms with Crippen molar-refractivity contribution >= 4 is 15.9 Å². The zero-order chi connectivity index (χ0) is 14.1. The maximum absolute atomic E-state index is 9.87. The van der Waals surface area contributed by atoms with Gasteiger partial charge in [-0.3, -0.25) is 0 Å². The van der Waals surface area contributed by atoms with Crippen molar-refractivity contribution in [2.24, 2.45) is 0 Å². The number of aromatic hydroxyl groups is 2. The standard InChI is InChI=1S/C14H9BrN2O3/c15-9-3-6-11(12(19)7-9)14-16-13(17-20-14)8-1-4-10(18)5-2-8/h1-7,18-19H. The van der Waals surface area contributed by atoms with Crippen molar-refractivity contribution in [3.8, 4) is 34.3 Å². The van der Waals surface area contributed by atoms with Crippen molar-refractivity contribution in [3.63, 3.8) is 0 Å². The SMILES string of the molecule is Oc1ccc(-c2noc(-c3ccc(Br)cc3O)n2)cc1. The highest BCUT2D eigenvalue weighted by Gasteiger charge is 2.14. The van der Waals surface area contributed by atoms with Crippen molar-refractivity contribution in [3.05, 3.63) is 46.9 Å². The molecule has 1 aromatic heterocycles. The van der Waals surface area contributed by atoms with E-state index in [0.717, 1.165) is 10.0 Å². The molecule has 0 saturated heterocycles. The molecule has 2 aromatic carbocycles. The van der Waals surface area contributed by atoms with Crippen molar-refractivity contribution in [1.82, 2.24) is 10.1 Å². The molecule has 0 atom stereocenters. The number of hydrogen-bond acceptors (Lipinski definition) is 5. The fourth-order valence-corrected chi connectivity index (χ4v) is 2.10. The first-order valence-corrected chi connectivity index (χ1v) is 6.55. The predicted octanol–water partition coefficient (Wildman–Crippen LogP) is 3.58. The summed E-state index contributed by atoms with van der Waals surface area (Å²) in [5.74, 6) is 0.851. The molecule has 0 bridgehead atoms. The summed E-state index contributed by atoms with van der Waals surface area (Å²) in [6.45, 7) is 0. The normalized spacial score (nSPS) is 10.7. The molecule has 0 amide bonds. The molecule has 0 fully saturated rings. The number of hydrogen-bond donors (Lipinski definition) is 2. The van der Waals surface area contributed by atoms with E-state index in [1.54, 1.807) is 42.5 Å². The monoisotopic (exact) mass is 332 g/mol. The highest BCUT2D eigenvalue weighted by molar-refractivity contribution is 9.10. The zero-order valence-electron chi connectivity index (χ0n) is 10.1. The van der Waals surface area contributed by atoms with Crippen LogP contribution in [0.3, 0.4) is 0 Å². The van der Waals surface area contributed by atoms with E-state index in [4.69, 9.17) is 4.52 Å². The summed E-state index contributed by atoms with van der Waals surface area (Å²) in [5.41, 5.74) is 1.18. The van der Waals surface area contributed by atoms with Crippen molar-refractivity contribution in [2.75, 3.05) is 0 Å². The average molecular weight is 333 g/mol. The van der Waals surface area contributed by atoms with Gasteiger partial charge < -0.3 is 14.7 Å². The topological polar surface area (TPSA) is 79.4 Å². The average Bonchev–Trinajstić information content (AvgIpc) is 2.89. The van der Waals surface area contributed by atoms with Crippen molar-refractivity contribution in [2.45, 2.75) is 0 Å². The van der Waals surface area contributed by atoms with E-state index in [0.29, 0.717) is 11.4 Å². The van der Waals surface area contributed by atoms with Gasteiger partial charge in [-0.05, 0) is 42.5 Å². The maximum Gasteiger partial charge on any atom is 0.261 e. The Labute approximate surface area is 122 Å². The van der Waals surface area contributed by atoms with Gasteiger partial charge in [0.2, 0.25) is 5.82 Å². The molecule has 0 aliphatic rings. The zero-order valence-corrected chi connectivity index (χ0v) is 11.7. The van der Waals surface area contributed by atoms with Crippen LogP contribution in [-0.2, 0) is 0 Å². The maximum atomic E-state index is 9.87. The number of aromatic nitrogens is 2. The lowest BCUT2D eigenvalue weighted by Gasteiger charge is -1.99. The van der Waals surface area contributed by atoms with Crippen LogP contribution in [0.5, 0.6) is 11.5 Å². The molecular formula is C14H9BrN2O3. The molecule has 0 radical (unpaired) electrons. The highest BCUT2D eigenvalue weighted by atomic mass is 79.9. The third-order valence-corrected chi connectivity index (χ3v) is 3.23. The molecule has 0 saturated carbocycles. The fourth-order valence-electron chi connectivity index (χ4n) is 1.75. The van der Waals surface area contributed by atoms with Crippen LogP contribution >= 0.6 is 15.9 Å². The number of nitrogens with zero attached hydrogens (tertiary/aromatic N) is 2. The Kier molecular flexibility index (Phi) is 3.15. The minimum Gasteiger partial charge on any atom is -0.508 e. The lowest BCUT2D eigenvalue weighted by Crippen LogP contribution is -1.81. The Bertz CT molecular complexity index is 753. The Hall–Kier alpha value is -2.34. The van der Waals surface area contributed by atoms with Crippen LogP contribution in [0, 0.1) is 0 Å². The van der Waals surface area contributed by atoms with Gasteiger partial charge in [-0.1, -0.05) is 21.1 Å². The molecule has 0 aliphatic heterocycles. The number of rotatable bonds is 2. The molecule has 5 nitrogen and oxygen atoms in total. The minimum atomic E-state index is 0.0558.